The van der Waals surface area contributed by atoms with E-state index in [-0.39, 0.29) is 29.0 Å². The molecule has 11 nitrogen and oxygen atoms in total. The van der Waals surface area contributed by atoms with Crippen molar-refractivity contribution in [1.29, 1.82) is 0 Å². The number of halogens is 1. The van der Waals surface area contributed by atoms with Crippen LogP contribution in [-0.4, -0.2) is 48.9 Å². The number of aromatic nitrogens is 5. The van der Waals surface area contributed by atoms with Crippen molar-refractivity contribution < 1.29 is 23.2 Å². The molecular weight excluding hydrogens is 700 g/mol. The Hall–Kier alpha value is -5.36. The average Bonchev–Trinajstić information content (AvgIpc) is 3.44. The number of hydrogen-bond acceptors (Lipinski definition) is 7. The largest absolute Gasteiger partial charge is 0.438 e. The summed E-state index contributed by atoms with van der Waals surface area (Å²) in [6, 6.07) is 11.9. The molecule has 1 saturated heterocycles. The number of allylic oxidation sites excluding steroid dienone is 2. The van der Waals surface area contributed by atoms with Crippen LogP contribution in [0.1, 0.15) is 116 Å². The predicted octanol–water partition coefficient (Wildman–Crippen LogP) is 8.07. The Labute approximate surface area is 318 Å². The summed E-state index contributed by atoms with van der Waals surface area (Å²) in [4.78, 5) is 43.5. The number of hydrogen-bond donors (Lipinski definition) is 1. The Bertz CT molecular complexity index is 2430. The monoisotopic (exact) mass is 746 g/mol. The molecule has 2 aromatic carbocycles. The van der Waals surface area contributed by atoms with E-state index in [1.807, 2.05) is 6.07 Å². The number of carbonyl (C=O) groups excluding carboxylic acids is 2. The van der Waals surface area contributed by atoms with E-state index in [0.29, 0.717) is 78.8 Å². The van der Waals surface area contributed by atoms with Crippen molar-refractivity contribution in [3.05, 3.63) is 117 Å². The van der Waals surface area contributed by atoms with Crippen LogP contribution in [0.3, 0.4) is 0 Å². The van der Waals surface area contributed by atoms with Crippen LogP contribution in [0.4, 0.5) is 10.2 Å². The van der Waals surface area contributed by atoms with E-state index in [0.717, 1.165) is 40.6 Å². The van der Waals surface area contributed by atoms with Crippen LogP contribution in [0.5, 0.6) is 0 Å². The van der Waals surface area contributed by atoms with Gasteiger partial charge in [0, 0.05) is 29.3 Å². The number of ketones is 1. The maximum absolute atomic E-state index is 14.7. The summed E-state index contributed by atoms with van der Waals surface area (Å²) in [6.45, 7) is 16.4. The van der Waals surface area contributed by atoms with E-state index in [2.05, 4.69) is 67.2 Å². The number of benzene rings is 2. The zero-order valence-corrected chi connectivity index (χ0v) is 32.2. The number of amides is 1. The standard InChI is InChI=1S/C43H47FN6O5/c1-8-48(23-51)39-37-24(2)15-28(9-11-33(37)46-50(39)32-16-25(3)38(44)26(4)17-32)18-36(52)35-20-31-19-29(30-13-14-54-42(6,7)22-30)10-12-34(31)49(35)43(21-27(43)5)40-45-41(53)55-47-40/h8,10,12,16-20,23-24,27,30H,1,9,11,13-15,21-22H2,2-7H3,(H,45,47,53)/b28-18+/t24-,27+,30+,43+/m1/s1. The van der Waals surface area contributed by atoms with Crippen LogP contribution in [0.25, 0.3) is 16.6 Å². The molecule has 2 aliphatic carbocycles. The number of anilines is 1. The molecule has 1 aliphatic heterocycles. The van der Waals surface area contributed by atoms with E-state index in [1.54, 1.807) is 36.7 Å². The van der Waals surface area contributed by atoms with Gasteiger partial charge in [-0.2, -0.15) is 5.10 Å². The topological polar surface area (TPSA) is 128 Å². The fraction of sp³-hybridized carbons (Fsp3) is 0.419. The molecule has 1 saturated carbocycles. The van der Waals surface area contributed by atoms with E-state index < -0.39 is 11.3 Å². The minimum atomic E-state index is -0.745. The van der Waals surface area contributed by atoms with E-state index >= 15 is 0 Å². The molecule has 55 heavy (non-hydrogen) atoms. The number of fused-ring (bicyclic) bond motifs is 2. The Kier molecular flexibility index (Phi) is 8.94. The van der Waals surface area contributed by atoms with E-state index in [4.69, 9.17) is 14.4 Å². The molecule has 2 fully saturated rings. The summed E-state index contributed by atoms with van der Waals surface area (Å²) in [6.07, 6.45) is 8.09. The first-order valence-electron chi connectivity index (χ1n) is 19.1. The first-order chi connectivity index (χ1) is 26.2. The maximum atomic E-state index is 14.7. The number of nitrogens with zero attached hydrogens (tertiary/aromatic N) is 5. The van der Waals surface area contributed by atoms with Gasteiger partial charge in [0.1, 0.15) is 17.2 Å². The molecule has 5 aromatic rings. The summed E-state index contributed by atoms with van der Waals surface area (Å²) in [5, 5.41) is 10.1. The second-order valence-electron chi connectivity index (χ2n) is 16.4. The van der Waals surface area contributed by atoms with Gasteiger partial charge < -0.3 is 9.30 Å². The maximum Gasteiger partial charge on any atom is 0.438 e. The zero-order chi connectivity index (χ0) is 39.0. The molecule has 0 spiro atoms. The second kappa shape index (κ2) is 13.4. The minimum absolute atomic E-state index is 0.0851. The van der Waals surface area contributed by atoms with Crippen molar-refractivity contribution in [3.63, 3.8) is 0 Å². The highest BCUT2D eigenvalue weighted by molar-refractivity contribution is 6.07. The molecule has 1 N–H and O–H groups in total. The van der Waals surface area contributed by atoms with Gasteiger partial charge in [-0.05, 0) is 137 Å². The summed E-state index contributed by atoms with van der Waals surface area (Å²) < 4.78 is 29.4. The summed E-state index contributed by atoms with van der Waals surface area (Å²) >= 11 is 0. The van der Waals surface area contributed by atoms with Gasteiger partial charge in [0.15, 0.2) is 5.82 Å². The van der Waals surface area contributed by atoms with Crippen molar-refractivity contribution in [2.45, 2.75) is 103 Å². The van der Waals surface area contributed by atoms with E-state index in [1.165, 1.54) is 16.7 Å². The lowest BCUT2D eigenvalue weighted by atomic mass is 9.83. The Balaban J connectivity index is 1.19. The van der Waals surface area contributed by atoms with Gasteiger partial charge >= 0.3 is 5.76 Å². The van der Waals surface area contributed by atoms with Gasteiger partial charge in [-0.3, -0.25) is 24.0 Å². The molecule has 1 amide bonds. The average molecular weight is 747 g/mol. The van der Waals surface area contributed by atoms with Crippen LogP contribution in [-0.2, 0) is 21.5 Å². The van der Waals surface area contributed by atoms with Gasteiger partial charge in [-0.25, -0.2) is 13.9 Å². The van der Waals surface area contributed by atoms with Gasteiger partial charge in [0.25, 0.3) is 0 Å². The number of aryl methyl sites for hydroxylation is 3. The number of carbonyl (C=O) groups is 2. The third-order valence-corrected chi connectivity index (χ3v) is 12.0. The van der Waals surface area contributed by atoms with Crippen molar-refractivity contribution in [2.24, 2.45) is 5.92 Å². The number of H-pyrrole nitrogens is 1. The van der Waals surface area contributed by atoms with Crippen LogP contribution in [0.15, 0.2) is 70.1 Å². The molecule has 12 heteroatoms. The first kappa shape index (κ1) is 36.6. The number of rotatable bonds is 9. The first-order valence-corrected chi connectivity index (χ1v) is 19.1. The molecule has 4 heterocycles. The fourth-order valence-corrected chi connectivity index (χ4v) is 9.26. The lowest BCUT2D eigenvalue weighted by Crippen LogP contribution is -2.32. The molecule has 0 radical (unpaired) electrons. The SMILES string of the molecule is C=CN(C=O)c1c2c(nn1-c1cc(C)c(F)c(C)c1)CC/C(=C\C(=O)c1cc3cc([C@H]4CCOC(C)(C)C4)ccc3n1[C@@]1(c3noc(=O)[nH]3)C[C@@H]1C)C[C@H]2C. The minimum Gasteiger partial charge on any atom is -0.376 e. The molecule has 4 atom stereocenters. The second-order valence-corrected chi connectivity index (χ2v) is 16.4. The van der Waals surface area contributed by atoms with Gasteiger partial charge in [-0.1, -0.05) is 37.2 Å². The highest BCUT2D eigenvalue weighted by Crippen LogP contribution is 2.56. The van der Waals surface area contributed by atoms with Crippen LogP contribution in [0.2, 0.25) is 0 Å². The molecule has 8 rings (SSSR count). The fourth-order valence-electron chi connectivity index (χ4n) is 9.26. The third-order valence-electron chi connectivity index (χ3n) is 12.0. The van der Waals surface area contributed by atoms with Crippen molar-refractivity contribution >= 4 is 28.9 Å². The summed E-state index contributed by atoms with van der Waals surface area (Å²) in [5.74, 6) is 0.217. The third kappa shape index (κ3) is 6.20. The quantitative estimate of drug-likeness (QED) is 0.0699. The normalized spacial score (nSPS) is 24.1. The number of ether oxygens (including phenoxy) is 1. The number of aromatic amines is 1. The van der Waals surface area contributed by atoms with Gasteiger partial charge in [0.05, 0.1) is 22.7 Å². The molecule has 3 aromatic heterocycles. The van der Waals surface area contributed by atoms with E-state index in [9.17, 15) is 18.8 Å². The van der Waals surface area contributed by atoms with Gasteiger partial charge in [-0.15, -0.1) is 0 Å². The van der Waals surface area contributed by atoms with Crippen molar-refractivity contribution in [3.8, 4) is 5.69 Å². The smallest absolute Gasteiger partial charge is 0.376 e. The highest BCUT2D eigenvalue weighted by Gasteiger charge is 2.59. The Morgan fingerprint density at radius 3 is 2.49 bits per heavy atom. The lowest BCUT2D eigenvalue weighted by Gasteiger charge is -2.35. The molecule has 3 aliphatic rings. The van der Waals surface area contributed by atoms with Crippen LogP contribution >= 0.6 is 0 Å². The highest BCUT2D eigenvalue weighted by atomic mass is 19.1. The molecule has 0 unspecified atom stereocenters. The predicted molar refractivity (Wildman–Crippen MR) is 207 cm³/mol. The zero-order valence-electron chi connectivity index (χ0n) is 32.2. The van der Waals surface area contributed by atoms with Crippen molar-refractivity contribution in [1.82, 2.24) is 24.5 Å². The van der Waals surface area contributed by atoms with Crippen LogP contribution < -0.4 is 10.7 Å². The lowest BCUT2D eigenvalue weighted by molar-refractivity contribution is -0.107. The number of nitrogens with one attached hydrogen (secondary N) is 1. The summed E-state index contributed by atoms with van der Waals surface area (Å²) in [5.41, 5.74) is 5.95. The molecular formula is C43H47FN6O5. The Morgan fingerprint density at radius 1 is 1.11 bits per heavy atom. The Morgan fingerprint density at radius 2 is 1.85 bits per heavy atom. The summed E-state index contributed by atoms with van der Waals surface area (Å²) in [7, 11) is 0. The van der Waals surface area contributed by atoms with Crippen molar-refractivity contribution in [2.75, 3.05) is 11.5 Å². The van der Waals surface area contributed by atoms with Crippen LogP contribution in [0, 0.1) is 25.6 Å². The van der Waals surface area contributed by atoms with Gasteiger partial charge in [0.2, 0.25) is 12.2 Å². The molecule has 0 bridgehead atoms. The molecule has 286 valence electrons.